The molecule has 0 aromatic heterocycles. The Hall–Kier alpha value is -3.03. The molecule has 8 heteroatoms. The molecule has 1 aromatic carbocycles. The van der Waals surface area contributed by atoms with E-state index in [1.807, 2.05) is 0 Å². The van der Waals surface area contributed by atoms with Crippen LogP contribution in [0.4, 0.5) is 10.5 Å². The van der Waals surface area contributed by atoms with Crippen LogP contribution in [0.1, 0.15) is 58.8 Å². The van der Waals surface area contributed by atoms with Gasteiger partial charge >= 0.3 is 6.16 Å². The fourth-order valence-electron chi connectivity index (χ4n) is 7.33. The maximum absolute atomic E-state index is 12.7. The summed E-state index contributed by atoms with van der Waals surface area (Å²) in [4.78, 5) is 48.1. The molecule has 3 fully saturated rings. The Morgan fingerprint density at radius 2 is 1.74 bits per heavy atom. The number of nitro groups is 1. The van der Waals surface area contributed by atoms with Crippen molar-refractivity contribution in [1.29, 1.82) is 0 Å². The average Bonchev–Trinajstić information content (AvgIpc) is 3.10. The van der Waals surface area contributed by atoms with Gasteiger partial charge in [-0.05, 0) is 79.1 Å². The quantitative estimate of drug-likeness (QED) is 0.260. The van der Waals surface area contributed by atoms with E-state index in [0.717, 1.165) is 24.8 Å². The Bertz CT molecular complexity index is 1090. The molecule has 0 spiro atoms. The van der Waals surface area contributed by atoms with Crippen molar-refractivity contribution in [2.45, 2.75) is 64.9 Å². The highest BCUT2D eigenvalue weighted by Gasteiger charge is 2.61. The SMILES string of the molecule is C[C@]12CCC(=O)C=C1[C@H](OC(=O)Oc1ccc([N+](=O)[O-])cc1)CC1C2CC[C@]2(C)C(=O)CCC12. The summed E-state index contributed by atoms with van der Waals surface area (Å²) in [6.07, 6.45) is 5.21. The summed E-state index contributed by atoms with van der Waals surface area (Å²) in [5, 5.41) is 10.8. The zero-order valence-corrected chi connectivity index (χ0v) is 19.5. The van der Waals surface area contributed by atoms with Crippen LogP contribution in [0, 0.1) is 38.7 Å². The number of carbonyl (C=O) groups excluding carboxylic acids is 3. The minimum atomic E-state index is -0.903. The molecule has 0 amide bonds. The molecule has 3 unspecified atom stereocenters. The van der Waals surface area contributed by atoms with Gasteiger partial charge in [-0.2, -0.15) is 0 Å². The number of rotatable bonds is 3. The molecule has 34 heavy (non-hydrogen) atoms. The first-order valence-corrected chi connectivity index (χ1v) is 12.0. The van der Waals surface area contributed by atoms with Crippen molar-refractivity contribution < 1.29 is 28.8 Å². The monoisotopic (exact) mass is 467 g/mol. The predicted octanol–water partition coefficient (Wildman–Crippen LogP) is 5.19. The number of ether oxygens (including phenoxy) is 2. The Kier molecular flexibility index (Phi) is 5.37. The maximum atomic E-state index is 12.7. The molecule has 6 atom stereocenters. The third-order valence-corrected chi connectivity index (χ3v) is 9.15. The number of nitro benzene ring substituents is 1. The van der Waals surface area contributed by atoms with Gasteiger partial charge in [0.2, 0.25) is 0 Å². The highest BCUT2D eigenvalue weighted by atomic mass is 16.7. The van der Waals surface area contributed by atoms with Gasteiger partial charge < -0.3 is 9.47 Å². The normalized spacial score (nSPS) is 36.6. The molecular formula is C26H29NO7. The van der Waals surface area contributed by atoms with Crippen molar-refractivity contribution in [3.8, 4) is 5.75 Å². The number of ketones is 2. The van der Waals surface area contributed by atoms with Crippen molar-refractivity contribution in [2.24, 2.45) is 28.6 Å². The Balaban J connectivity index is 1.40. The van der Waals surface area contributed by atoms with E-state index in [0.29, 0.717) is 37.4 Å². The predicted molar refractivity (Wildman–Crippen MR) is 121 cm³/mol. The van der Waals surface area contributed by atoms with E-state index >= 15 is 0 Å². The fraction of sp³-hybridized carbons (Fsp3) is 0.577. The van der Waals surface area contributed by atoms with Crippen LogP contribution in [0.3, 0.4) is 0 Å². The summed E-state index contributed by atoms with van der Waals surface area (Å²) in [7, 11) is 0. The van der Waals surface area contributed by atoms with E-state index < -0.39 is 17.2 Å². The number of benzene rings is 1. The second kappa shape index (κ2) is 8.03. The van der Waals surface area contributed by atoms with Crippen molar-refractivity contribution in [2.75, 3.05) is 0 Å². The minimum Gasteiger partial charge on any atom is -0.426 e. The number of Topliss-reactive ketones (excluding diaryl/α,β-unsaturated/α-hetero) is 1. The van der Waals surface area contributed by atoms with Gasteiger partial charge in [-0.15, -0.1) is 0 Å². The molecule has 1 aromatic rings. The van der Waals surface area contributed by atoms with Crippen LogP contribution in [0.5, 0.6) is 5.75 Å². The third-order valence-electron chi connectivity index (χ3n) is 9.15. The summed E-state index contributed by atoms with van der Waals surface area (Å²) in [6, 6.07) is 5.21. The molecule has 5 rings (SSSR count). The van der Waals surface area contributed by atoms with Crippen LogP contribution in [-0.4, -0.2) is 28.7 Å². The number of hydrogen-bond donors (Lipinski definition) is 0. The molecule has 4 aliphatic carbocycles. The first-order valence-electron chi connectivity index (χ1n) is 12.0. The van der Waals surface area contributed by atoms with Crippen molar-refractivity contribution in [3.63, 3.8) is 0 Å². The summed E-state index contributed by atoms with van der Waals surface area (Å²) >= 11 is 0. The molecule has 0 saturated heterocycles. The molecule has 0 heterocycles. The molecule has 3 saturated carbocycles. The van der Waals surface area contributed by atoms with Gasteiger partial charge in [0.25, 0.3) is 5.69 Å². The van der Waals surface area contributed by atoms with Crippen molar-refractivity contribution in [1.82, 2.24) is 0 Å². The van der Waals surface area contributed by atoms with Crippen LogP contribution in [0.15, 0.2) is 35.9 Å². The molecule has 180 valence electrons. The molecule has 0 N–H and O–H groups in total. The van der Waals surface area contributed by atoms with Crippen LogP contribution < -0.4 is 4.74 Å². The molecule has 8 nitrogen and oxygen atoms in total. The van der Waals surface area contributed by atoms with Crippen molar-refractivity contribution in [3.05, 3.63) is 46.0 Å². The molecule has 0 aliphatic heterocycles. The van der Waals surface area contributed by atoms with E-state index in [4.69, 9.17) is 9.47 Å². The number of non-ortho nitro benzene ring substituents is 1. The van der Waals surface area contributed by atoms with E-state index in [-0.39, 0.29) is 39.9 Å². The van der Waals surface area contributed by atoms with Crippen LogP contribution in [0.25, 0.3) is 0 Å². The third kappa shape index (κ3) is 3.54. The Morgan fingerprint density at radius 3 is 2.44 bits per heavy atom. The minimum absolute atomic E-state index is 0.0416. The fourth-order valence-corrected chi connectivity index (χ4v) is 7.33. The largest absolute Gasteiger partial charge is 0.514 e. The lowest BCUT2D eigenvalue weighted by Crippen LogP contribution is -2.54. The summed E-state index contributed by atoms with van der Waals surface area (Å²) in [6.45, 7) is 4.28. The first kappa shape index (κ1) is 22.7. The second-order valence-corrected chi connectivity index (χ2v) is 10.7. The molecular weight excluding hydrogens is 438 g/mol. The van der Waals surface area contributed by atoms with Crippen LogP contribution in [-0.2, 0) is 14.3 Å². The first-order chi connectivity index (χ1) is 16.1. The van der Waals surface area contributed by atoms with E-state index in [1.54, 1.807) is 6.08 Å². The van der Waals surface area contributed by atoms with Gasteiger partial charge in [-0.3, -0.25) is 19.7 Å². The van der Waals surface area contributed by atoms with Crippen LogP contribution in [0.2, 0.25) is 0 Å². The second-order valence-electron chi connectivity index (χ2n) is 10.7. The van der Waals surface area contributed by atoms with E-state index in [9.17, 15) is 24.5 Å². The standard InChI is InChI=1S/C26H29NO7/c1-25-11-9-16(28)13-21(25)22(34-24(30)33-17-5-3-15(4-6-17)27(31)32)14-18-19-7-8-23(29)26(19,2)12-10-20(18)25/h3-6,13,18-20,22H,7-12,14H2,1-2H3/t18?,19?,20?,22-,25-,26+/m1/s1. The van der Waals surface area contributed by atoms with Gasteiger partial charge in [-0.25, -0.2) is 4.79 Å². The number of nitrogens with zero attached hydrogens (tertiary/aromatic N) is 1. The number of hydrogen-bond acceptors (Lipinski definition) is 7. The molecule has 4 aliphatic rings. The smallest absolute Gasteiger partial charge is 0.426 e. The van der Waals surface area contributed by atoms with E-state index in [1.165, 1.54) is 24.3 Å². The lowest BCUT2D eigenvalue weighted by Gasteiger charge is -2.58. The van der Waals surface area contributed by atoms with Gasteiger partial charge in [0.05, 0.1) is 4.92 Å². The Morgan fingerprint density at radius 1 is 1.03 bits per heavy atom. The topological polar surface area (TPSA) is 113 Å². The highest BCUT2D eigenvalue weighted by molar-refractivity contribution is 5.92. The van der Waals surface area contributed by atoms with Gasteiger partial charge in [0.15, 0.2) is 5.78 Å². The lowest BCUT2D eigenvalue weighted by atomic mass is 9.47. The number of carbonyl (C=O) groups is 3. The summed E-state index contributed by atoms with van der Waals surface area (Å²) in [5.41, 5.74) is 0.181. The van der Waals surface area contributed by atoms with Gasteiger partial charge in [-0.1, -0.05) is 13.8 Å². The number of fused-ring (bicyclic) bond motifs is 5. The van der Waals surface area contributed by atoms with Gasteiger partial charge in [0, 0.05) is 30.4 Å². The van der Waals surface area contributed by atoms with Crippen LogP contribution >= 0.6 is 0 Å². The lowest BCUT2D eigenvalue weighted by molar-refractivity contribution is -0.384. The summed E-state index contributed by atoms with van der Waals surface area (Å²) in [5.74, 6) is 1.37. The molecule has 0 radical (unpaired) electrons. The zero-order chi connectivity index (χ0) is 24.3. The van der Waals surface area contributed by atoms with Crippen molar-refractivity contribution >= 4 is 23.4 Å². The zero-order valence-electron chi connectivity index (χ0n) is 19.5. The Labute approximate surface area is 197 Å². The highest BCUT2D eigenvalue weighted by Crippen LogP contribution is 2.64. The average molecular weight is 468 g/mol. The van der Waals surface area contributed by atoms with Gasteiger partial charge in [0.1, 0.15) is 17.6 Å². The maximum Gasteiger partial charge on any atom is 0.514 e. The summed E-state index contributed by atoms with van der Waals surface area (Å²) < 4.78 is 11.1. The molecule has 0 bridgehead atoms. The van der Waals surface area contributed by atoms with E-state index in [2.05, 4.69) is 13.8 Å².